The van der Waals surface area contributed by atoms with Crippen LogP contribution in [-0.2, 0) is 11.3 Å². The lowest BCUT2D eigenvalue weighted by Crippen LogP contribution is -2.51. The van der Waals surface area contributed by atoms with Crippen LogP contribution >= 0.6 is 0 Å². The molecule has 0 radical (unpaired) electrons. The third-order valence-corrected chi connectivity index (χ3v) is 6.41. The molecule has 5 rings (SSSR count). The maximum absolute atomic E-state index is 12.6. The Morgan fingerprint density at radius 2 is 1.73 bits per heavy atom. The minimum absolute atomic E-state index is 0.161. The van der Waals surface area contributed by atoms with Crippen LogP contribution in [0.1, 0.15) is 30.9 Å². The van der Waals surface area contributed by atoms with Crippen molar-refractivity contribution in [1.29, 1.82) is 0 Å². The fourth-order valence-electron chi connectivity index (χ4n) is 5.26. The average molecular weight is 350 g/mol. The van der Waals surface area contributed by atoms with Crippen LogP contribution in [0.2, 0.25) is 0 Å². The predicted octanol–water partition coefficient (Wildman–Crippen LogP) is 3.11. The maximum atomic E-state index is 12.6. The van der Waals surface area contributed by atoms with Gasteiger partial charge in [0.1, 0.15) is 0 Å². The van der Waals surface area contributed by atoms with E-state index in [9.17, 15) is 4.79 Å². The minimum Gasteiger partial charge on any atom is -0.381 e. The third kappa shape index (κ3) is 2.81. The van der Waals surface area contributed by atoms with Crippen LogP contribution in [0.25, 0.3) is 11.1 Å². The van der Waals surface area contributed by atoms with Crippen molar-refractivity contribution in [1.82, 2.24) is 9.47 Å². The third-order valence-electron chi connectivity index (χ3n) is 6.41. The van der Waals surface area contributed by atoms with Gasteiger partial charge < -0.3 is 9.30 Å². The first kappa shape index (κ1) is 16.3. The number of fused-ring (bicyclic) bond motifs is 4. The summed E-state index contributed by atoms with van der Waals surface area (Å²) in [5.41, 5.74) is 3.88. The summed E-state index contributed by atoms with van der Waals surface area (Å²) >= 11 is 0. The first-order valence-electron chi connectivity index (χ1n) is 9.90. The number of benzene rings is 1. The molecule has 2 fully saturated rings. The van der Waals surface area contributed by atoms with Crippen LogP contribution in [0.3, 0.4) is 0 Å². The second-order valence-electron chi connectivity index (χ2n) is 8.04. The molecule has 3 aliphatic heterocycles. The fourth-order valence-corrected chi connectivity index (χ4v) is 5.26. The first-order chi connectivity index (χ1) is 12.8. The molecule has 2 bridgehead atoms. The van der Waals surface area contributed by atoms with Gasteiger partial charge in [-0.1, -0.05) is 30.3 Å². The number of hydrogen-bond donors (Lipinski definition) is 0. The topological polar surface area (TPSA) is 34.5 Å². The summed E-state index contributed by atoms with van der Waals surface area (Å²) in [6, 6.07) is 15.0. The molecule has 4 nitrogen and oxygen atoms in total. The van der Waals surface area contributed by atoms with Gasteiger partial charge >= 0.3 is 0 Å². The number of rotatable bonds is 2. The maximum Gasteiger partial charge on any atom is 0.250 e. The van der Waals surface area contributed by atoms with Gasteiger partial charge in [-0.3, -0.25) is 9.69 Å². The molecule has 1 aromatic heterocycles. The molecule has 0 aliphatic carbocycles. The SMILES string of the molecule is O=c1ccc(-c2ccccc2)c2n1C[C@H]1C[C@H]2CN(C2CCOCC2)C1. The van der Waals surface area contributed by atoms with Gasteiger partial charge in [-0.15, -0.1) is 0 Å². The number of ether oxygens (including phenoxy) is 1. The summed E-state index contributed by atoms with van der Waals surface area (Å²) in [4.78, 5) is 15.3. The van der Waals surface area contributed by atoms with E-state index in [0.717, 1.165) is 45.7 Å². The lowest BCUT2D eigenvalue weighted by molar-refractivity contribution is 0.00597. The molecule has 0 amide bonds. The van der Waals surface area contributed by atoms with E-state index in [4.69, 9.17) is 4.74 Å². The first-order valence-corrected chi connectivity index (χ1v) is 9.90. The van der Waals surface area contributed by atoms with Crippen LogP contribution in [0.5, 0.6) is 0 Å². The van der Waals surface area contributed by atoms with Crippen LogP contribution in [0.4, 0.5) is 0 Å². The molecule has 4 heterocycles. The van der Waals surface area contributed by atoms with Crippen molar-refractivity contribution in [3.8, 4) is 11.1 Å². The lowest BCUT2D eigenvalue weighted by atomic mass is 9.79. The summed E-state index contributed by atoms with van der Waals surface area (Å²) in [7, 11) is 0. The largest absolute Gasteiger partial charge is 0.381 e. The van der Waals surface area contributed by atoms with Crippen molar-refractivity contribution in [2.45, 2.75) is 37.8 Å². The van der Waals surface area contributed by atoms with Crippen molar-refractivity contribution < 1.29 is 4.74 Å². The molecule has 1 aromatic carbocycles. The zero-order valence-electron chi connectivity index (χ0n) is 15.1. The van der Waals surface area contributed by atoms with Gasteiger partial charge in [0.25, 0.3) is 5.56 Å². The van der Waals surface area contributed by atoms with E-state index >= 15 is 0 Å². The number of likely N-dealkylation sites (tertiary alicyclic amines) is 1. The molecular weight excluding hydrogens is 324 g/mol. The molecule has 0 saturated carbocycles. The van der Waals surface area contributed by atoms with Crippen molar-refractivity contribution in [2.75, 3.05) is 26.3 Å². The summed E-state index contributed by atoms with van der Waals surface area (Å²) in [6.45, 7) is 4.85. The molecule has 2 atom stereocenters. The Morgan fingerprint density at radius 1 is 0.923 bits per heavy atom. The quantitative estimate of drug-likeness (QED) is 0.835. The molecule has 0 N–H and O–H groups in total. The molecule has 4 heteroatoms. The van der Waals surface area contributed by atoms with Gasteiger partial charge in [-0.2, -0.15) is 0 Å². The highest BCUT2D eigenvalue weighted by atomic mass is 16.5. The highest BCUT2D eigenvalue weighted by molar-refractivity contribution is 5.66. The normalized spacial score (nSPS) is 26.5. The Kier molecular flexibility index (Phi) is 4.18. The van der Waals surface area contributed by atoms with E-state index in [2.05, 4.69) is 39.8 Å². The van der Waals surface area contributed by atoms with E-state index in [1.807, 2.05) is 6.07 Å². The van der Waals surface area contributed by atoms with Crippen LogP contribution in [0, 0.1) is 5.92 Å². The summed E-state index contributed by atoms with van der Waals surface area (Å²) < 4.78 is 7.63. The van der Waals surface area contributed by atoms with Crippen LogP contribution in [-0.4, -0.2) is 41.8 Å². The number of nitrogens with zero attached hydrogens (tertiary/aromatic N) is 2. The van der Waals surface area contributed by atoms with Crippen molar-refractivity contribution in [3.05, 3.63) is 58.5 Å². The highest BCUT2D eigenvalue weighted by Crippen LogP contribution is 2.40. The zero-order valence-corrected chi connectivity index (χ0v) is 15.1. The van der Waals surface area contributed by atoms with Crippen molar-refractivity contribution in [3.63, 3.8) is 0 Å². The molecular formula is C22H26N2O2. The lowest BCUT2D eigenvalue weighted by Gasteiger charge is -2.47. The number of hydrogen-bond acceptors (Lipinski definition) is 3. The molecule has 2 saturated heterocycles. The summed E-state index contributed by atoms with van der Waals surface area (Å²) in [5.74, 6) is 1.04. The number of pyridine rings is 1. The van der Waals surface area contributed by atoms with Gasteiger partial charge in [0.2, 0.25) is 0 Å². The smallest absolute Gasteiger partial charge is 0.250 e. The van der Waals surface area contributed by atoms with Gasteiger partial charge in [-0.05, 0) is 36.8 Å². The molecule has 2 aromatic rings. The van der Waals surface area contributed by atoms with Gasteiger partial charge in [-0.25, -0.2) is 0 Å². The molecule has 3 aliphatic rings. The molecule has 26 heavy (non-hydrogen) atoms. The zero-order chi connectivity index (χ0) is 17.5. The molecule has 0 unspecified atom stereocenters. The van der Waals surface area contributed by atoms with Crippen LogP contribution < -0.4 is 5.56 Å². The second kappa shape index (κ2) is 6.67. The van der Waals surface area contributed by atoms with Gasteiger partial charge in [0.05, 0.1) is 0 Å². The van der Waals surface area contributed by atoms with E-state index in [0.29, 0.717) is 17.9 Å². The highest BCUT2D eigenvalue weighted by Gasteiger charge is 2.38. The predicted molar refractivity (Wildman–Crippen MR) is 102 cm³/mol. The number of piperidine rings is 1. The Bertz CT molecular complexity index is 839. The van der Waals surface area contributed by atoms with E-state index in [-0.39, 0.29) is 5.56 Å². The molecule has 136 valence electrons. The van der Waals surface area contributed by atoms with E-state index < -0.39 is 0 Å². The Hall–Kier alpha value is -1.91. The van der Waals surface area contributed by atoms with Gasteiger partial charge in [0, 0.05) is 62.1 Å². The van der Waals surface area contributed by atoms with Gasteiger partial charge in [0.15, 0.2) is 0 Å². The van der Waals surface area contributed by atoms with Crippen molar-refractivity contribution >= 4 is 0 Å². The Balaban J connectivity index is 1.54. The Morgan fingerprint density at radius 3 is 2.54 bits per heavy atom. The van der Waals surface area contributed by atoms with E-state index in [1.54, 1.807) is 6.07 Å². The second-order valence-corrected chi connectivity index (χ2v) is 8.04. The Labute approximate surface area is 154 Å². The molecule has 0 spiro atoms. The van der Waals surface area contributed by atoms with Crippen LogP contribution in [0.15, 0.2) is 47.3 Å². The minimum atomic E-state index is 0.161. The van der Waals surface area contributed by atoms with Crippen molar-refractivity contribution in [2.24, 2.45) is 5.92 Å². The average Bonchev–Trinajstić information content (AvgIpc) is 2.70. The monoisotopic (exact) mass is 350 g/mol. The summed E-state index contributed by atoms with van der Waals surface area (Å²) in [6.07, 6.45) is 3.50. The number of aromatic nitrogens is 1. The fraction of sp³-hybridized carbons (Fsp3) is 0.500. The standard InChI is InChI=1S/C22H26N2O2/c25-21-7-6-20(17-4-2-1-3-5-17)22-18-12-16(14-24(21)22)13-23(15-18)19-8-10-26-11-9-19/h1-7,16,18-19H,8-15H2/t16-,18-/m0/s1. The van der Waals surface area contributed by atoms with E-state index in [1.165, 1.54) is 23.2 Å². The summed E-state index contributed by atoms with van der Waals surface area (Å²) in [5, 5.41) is 0.